The summed E-state index contributed by atoms with van der Waals surface area (Å²) in [6.07, 6.45) is 3.02. The molecule has 2 N–H and O–H groups in total. The summed E-state index contributed by atoms with van der Waals surface area (Å²) in [4.78, 5) is 3.86. The number of methoxy groups -OCH3 is 1. The number of nitrogens with zero attached hydrogens (tertiary/aromatic N) is 2. The number of rotatable bonds is 9. The molecular weight excluding hydrogens is 256 g/mol. The molecule has 1 aromatic rings. The van der Waals surface area contributed by atoms with Gasteiger partial charge in [0.2, 0.25) is 0 Å². The van der Waals surface area contributed by atoms with E-state index in [0.717, 1.165) is 0 Å². The van der Waals surface area contributed by atoms with Crippen LogP contribution in [0.5, 0.6) is 0 Å². The predicted octanol–water partition coefficient (Wildman–Crippen LogP) is -0.583. The van der Waals surface area contributed by atoms with Crippen molar-refractivity contribution in [1.82, 2.24) is 19.6 Å². The number of hydrogen-bond donors (Lipinski definition) is 2. The van der Waals surface area contributed by atoms with Crippen molar-refractivity contribution in [2.75, 3.05) is 33.4 Å². The second-order valence-electron chi connectivity index (χ2n) is 3.68. The van der Waals surface area contributed by atoms with Gasteiger partial charge in [-0.05, 0) is 6.92 Å². The predicted molar refractivity (Wildman–Crippen MR) is 67.8 cm³/mol. The van der Waals surface area contributed by atoms with Crippen LogP contribution in [0.25, 0.3) is 0 Å². The van der Waals surface area contributed by atoms with Gasteiger partial charge in [0.15, 0.2) is 5.03 Å². The third-order valence-electron chi connectivity index (χ3n) is 2.33. The first-order valence-corrected chi connectivity index (χ1v) is 7.29. The van der Waals surface area contributed by atoms with Gasteiger partial charge in [-0.3, -0.25) is 0 Å². The van der Waals surface area contributed by atoms with E-state index in [9.17, 15) is 8.42 Å². The number of sulfonamides is 1. The average molecular weight is 276 g/mol. The van der Waals surface area contributed by atoms with Gasteiger partial charge in [0, 0.05) is 39.5 Å². The largest absolute Gasteiger partial charge is 0.383 e. The first kappa shape index (κ1) is 15.1. The lowest BCUT2D eigenvalue weighted by atomic mass is 10.6. The third-order valence-corrected chi connectivity index (χ3v) is 3.67. The van der Waals surface area contributed by atoms with E-state index in [4.69, 9.17) is 4.74 Å². The molecule has 7 nitrogen and oxygen atoms in total. The average Bonchev–Trinajstić information content (AvgIpc) is 2.83. The highest BCUT2D eigenvalue weighted by atomic mass is 32.2. The number of aromatic nitrogens is 2. The van der Waals surface area contributed by atoms with Crippen LogP contribution in [-0.2, 0) is 21.3 Å². The lowest BCUT2D eigenvalue weighted by Crippen LogP contribution is -2.33. The van der Waals surface area contributed by atoms with E-state index in [1.807, 2.05) is 6.92 Å². The molecule has 0 aliphatic rings. The minimum atomic E-state index is -3.50. The second-order valence-corrected chi connectivity index (χ2v) is 5.40. The molecule has 0 fully saturated rings. The van der Waals surface area contributed by atoms with Gasteiger partial charge in [0.1, 0.15) is 0 Å². The molecule has 1 rings (SSSR count). The third kappa shape index (κ3) is 4.73. The highest BCUT2D eigenvalue weighted by Crippen LogP contribution is 2.04. The van der Waals surface area contributed by atoms with Gasteiger partial charge in [-0.15, -0.1) is 0 Å². The van der Waals surface area contributed by atoms with Crippen LogP contribution in [0.3, 0.4) is 0 Å². The van der Waals surface area contributed by atoms with Crippen LogP contribution in [-0.4, -0.2) is 51.3 Å². The zero-order valence-corrected chi connectivity index (χ0v) is 11.5. The van der Waals surface area contributed by atoms with Gasteiger partial charge in [-0.2, -0.15) is 0 Å². The van der Waals surface area contributed by atoms with Crippen LogP contribution in [0.4, 0.5) is 0 Å². The molecule has 104 valence electrons. The summed E-state index contributed by atoms with van der Waals surface area (Å²) in [5, 5.41) is 3.11. The molecule has 0 aliphatic carbocycles. The van der Waals surface area contributed by atoms with E-state index >= 15 is 0 Å². The van der Waals surface area contributed by atoms with E-state index in [-0.39, 0.29) is 5.03 Å². The molecule has 0 saturated carbocycles. The van der Waals surface area contributed by atoms with Crippen LogP contribution < -0.4 is 10.0 Å². The van der Waals surface area contributed by atoms with Gasteiger partial charge >= 0.3 is 0 Å². The summed E-state index contributed by atoms with van der Waals surface area (Å²) in [5.41, 5.74) is 0. The maximum absolute atomic E-state index is 11.8. The maximum Gasteiger partial charge on any atom is 0.259 e. The highest BCUT2D eigenvalue weighted by Gasteiger charge is 2.15. The lowest BCUT2D eigenvalue weighted by molar-refractivity contribution is 0.199. The molecule has 0 radical (unpaired) electrons. The molecular formula is C10H20N4O3S. The summed E-state index contributed by atoms with van der Waals surface area (Å²) in [6, 6.07) is 0. The topological polar surface area (TPSA) is 85.2 Å². The van der Waals surface area contributed by atoms with Crippen molar-refractivity contribution in [2.45, 2.75) is 18.5 Å². The Morgan fingerprint density at radius 3 is 2.78 bits per heavy atom. The molecule has 0 amide bonds. The normalized spacial score (nSPS) is 11.9. The van der Waals surface area contributed by atoms with Crippen LogP contribution in [0.1, 0.15) is 6.92 Å². The molecule has 0 bridgehead atoms. The number of aryl methyl sites for hydroxylation is 1. The Hall–Kier alpha value is -0.960. The Bertz CT molecular complexity index is 444. The molecule has 0 aliphatic heterocycles. The Kier molecular flexibility index (Phi) is 6.27. The maximum atomic E-state index is 11.8. The molecule has 0 aromatic carbocycles. The summed E-state index contributed by atoms with van der Waals surface area (Å²) >= 11 is 0. The van der Waals surface area contributed by atoms with Crippen molar-refractivity contribution in [3.63, 3.8) is 0 Å². The number of imidazole rings is 1. The molecule has 18 heavy (non-hydrogen) atoms. The van der Waals surface area contributed by atoms with E-state index in [1.54, 1.807) is 11.7 Å². The Morgan fingerprint density at radius 1 is 1.39 bits per heavy atom. The second kappa shape index (κ2) is 7.47. The standard InChI is InChI=1S/C10H20N4O3S/c1-3-14-8-10(12-9-14)18(15,16)13-5-4-11-6-7-17-2/h8-9,11,13H,3-7H2,1-2H3. The highest BCUT2D eigenvalue weighted by molar-refractivity contribution is 7.89. The fourth-order valence-electron chi connectivity index (χ4n) is 1.30. The summed E-state index contributed by atoms with van der Waals surface area (Å²) in [7, 11) is -1.88. The Labute approximate surface area is 108 Å². The first-order chi connectivity index (χ1) is 8.60. The van der Waals surface area contributed by atoms with Crippen LogP contribution in [0.2, 0.25) is 0 Å². The van der Waals surface area contributed by atoms with Gasteiger partial charge in [0.05, 0.1) is 12.9 Å². The smallest absolute Gasteiger partial charge is 0.259 e. The van der Waals surface area contributed by atoms with Crippen molar-refractivity contribution in [2.24, 2.45) is 0 Å². The molecule has 0 atom stereocenters. The zero-order valence-electron chi connectivity index (χ0n) is 10.7. The number of hydrogen-bond acceptors (Lipinski definition) is 5. The molecule has 0 unspecified atom stereocenters. The van der Waals surface area contributed by atoms with Crippen molar-refractivity contribution in [1.29, 1.82) is 0 Å². The summed E-state index contributed by atoms with van der Waals surface area (Å²) in [5.74, 6) is 0. The molecule has 0 saturated heterocycles. The van der Waals surface area contributed by atoms with Crippen LogP contribution in [0.15, 0.2) is 17.6 Å². The van der Waals surface area contributed by atoms with Gasteiger partial charge in [-0.1, -0.05) is 0 Å². The lowest BCUT2D eigenvalue weighted by Gasteiger charge is -2.05. The SMILES string of the molecule is CCn1cnc(S(=O)(=O)NCCNCCOC)c1. The van der Waals surface area contributed by atoms with Crippen LogP contribution >= 0.6 is 0 Å². The molecule has 8 heteroatoms. The van der Waals surface area contributed by atoms with Crippen molar-refractivity contribution in [3.8, 4) is 0 Å². The zero-order chi connectivity index (χ0) is 13.4. The van der Waals surface area contributed by atoms with E-state index < -0.39 is 10.0 Å². The van der Waals surface area contributed by atoms with Crippen molar-refractivity contribution >= 4 is 10.0 Å². The summed E-state index contributed by atoms with van der Waals surface area (Å²) in [6.45, 7) is 4.80. The molecule has 0 spiro atoms. The number of nitrogens with one attached hydrogen (secondary N) is 2. The Balaban J connectivity index is 2.36. The van der Waals surface area contributed by atoms with Crippen molar-refractivity contribution < 1.29 is 13.2 Å². The van der Waals surface area contributed by atoms with Crippen molar-refractivity contribution in [3.05, 3.63) is 12.5 Å². The van der Waals surface area contributed by atoms with E-state index in [0.29, 0.717) is 32.8 Å². The first-order valence-electron chi connectivity index (χ1n) is 5.81. The Morgan fingerprint density at radius 2 is 2.17 bits per heavy atom. The fourth-order valence-corrected chi connectivity index (χ4v) is 2.28. The molecule has 1 heterocycles. The van der Waals surface area contributed by atoms with E-state index in [2.05, 4.69) is 15.0 Å². The van der Waals surface area contributed by atoms with Crippen LogP contribution in [0, 0.1) is 0 Å². The monoisotopic (exact) mass is 276 g/mol. The summed E-state index contributed by atoms with van der Waals surface area (Å²) < 4.78 is 32.7. The quantitative estimate of drug-likeness (QED) is 0.589. The van der Waals surface area contributed by atoms with E-state index in [1.165, 1.54) is 12.5 Å². The van der Waals surface area contributed by atoms with Gasteiger partial charge in [-0.25, -0.2) is 18.1 Å². The van der Waals surface area contributed by atoms with Gasteiger partial charge in [0.25, 0.3) is 10.0 Å². The fraction of sp³-hybridized carbons (Fsp3) is 0.700. The van der Waals surface area contributed by atoms with Gasteiger partial charge < -0.3 is 14.6 Å². The minimum absolute atomic E-state index is 0.0567. The molecule has 1 aromatic heterocycles. The number of ether oxygens (including phenoxy) is 1. The minimum Gasteiger partial charge on any atom is -0.383 e.